The molecule has 2 aromatic carbocycles. The van der Waals surface area contributed by atoms with Gasteiger partial charge in [-0.15, -0.1) is 11.8 Å². The van der Waals surface area contributed by atoms with E-state index in [2.05, 4.69) is 19.6 Å². The molecule has 0 fully saturated rings. The number of amides is 1. The molecule has 1 aliphatic heterocycles. The summed E-state index contributed by atoms with van der Waals surface area (Å²) in [4.78, 5) is 28.2. The number of para-hydroxylation sites is 1. The van der Waals surface area contributed by atoms with Gasteiger partial charge in [-0.25, -0.2) is 0 Å². The number of hydrogen-bond donors (Lipinski definition) is 0. The number of nitrogens with zero attached hydrogens (tertiary/aromatic N) is 1. The van der Waals surface area contributed by atoms with E-state index < -0.39 is 20.4 Å². The highest BCUT2D eigenvalue weighted by atomic mass is 32.2. The average molecular weight is 446 g/mol. The molecule has 30 heavy (non-hydrogen) atoms. The van der Waals surface area contributed by atoms with Gasteiger partial charge in [0.05, 0.1) is 25.2 Å². The zero-order valence-electron chi connectivity index (χ0n) is 17.9. The number of anilines is 1. The Hall–Kier alpha value is -2.29. The first kappa shape index (κ1) is 22.4. The van der Waals surface area contributed by atoms with Crippen LogP contribution in [-0.4, -0.2) is 47.1 Å². The third-order valence-electron chi connectivity index (χ3n) is 4.63. The van der Waals surface area contributed by atoms with Crippen molar-refractivity contribution < 1.29 is 23.5 Å². The average Bonchev–Trinajstić information content (AvgIpc) is 2.83. The molecular formula is C22H27NO5SSi. The first-order valence-corrected chi connectivity index (χ1v) is 14.0. The van der Waals surface area contributed by atoms with Crippen LogP contribution in [0, 0.1) is 0 Å². The summed E-state index contributed by atoms with van der Waals surface area (Å²) in [5.74, 6) is 0.0398. The van der Waals surface area contributed by atoms with E-state index in [4.69, 9.17) is 13.9 Å². The van der Waals surface area contributed by atoms with Crippen LogP contribution >= 0.6 is 11.8 Å². The molecule has 0 saturated heterocycles. The zero-order valence-corrected chi connectivity index (χ0v) is 19.7. The lowest BCUT2D eigenvalue weighted by Crippen LogP contribution is -2.48. The van der Waals surface area contributed by atoms with Crippen molar-refractivity contribution in [3.63, 3.8) is 0 Å². The second-order valence-corrected chi connectivity index (χ2v) is 13.6. The number of carbonyl (C=O) groups is 2. The van der Waals surface area contributed by atoms with Crippen molar-refractivity contribution in [3.8, 4) is 5.75 Å². The largest absolute Gasteiger partial charge is 0.497 e. The van der Waals surface area contributed by atoms with E-state index in [0.29, 0.717) is 5.69 Å². The summed E-state index contributed by atoms with van der Waals surface area (Å²) < 4.78 is 16.5. The van der Waals surface area contributed by atoms with Gasteiger partial charge in [-0.1, -0.05) is 24.3 Å². The van der Waals surface area contributed by atoms with E-state index in [0.717, 1.165) is 16.2 Å². The lowest BCUT2D eigenvalue weighted by molar-refractivity contribution is -0.140. The minimum Gasteiger partial charge on any atom is -0.497 e. The second kappa shape index (κ2) is 9.24. The summed E-state index contributed by atoms with van der Waals surface area (Å²) >= 11 is 1.58. The summed E-state index contributed by atoms with van der Waals surface area (Å²) in [6.07, 6.45) is -0.730. The SMILES string of the molecule is COC(=O)CN1C(=O)C(O[Si](C)(C)C)C(c2ccc(OC)cc2)Sc2ccccc21. The lowest BCUT2D eigenvalue weighted by atomic mass is 10.1. The Morgan fingerprint density at radius 2 is 1.73 bits per heavy atom. The van der Waals surface area contributed by atoms with Gasteiger partial charge >= 0.3 is 5.97 Å². The molecule has 160 valence electrons. The van der Waals surface area contributed by atoms with Gasteiger partial charge in [-0.05, 0) is 49.5 Å². The highest BCUT2D eigenvalue weighted by Crippen LogP contribution is 2.47. The first-order valence-electron chi connectivity index (χ1n) is 9.69. The molecule has 0 aromatic heterocycles. The molecule has 1 heterocycles. The van der Waals surface area contributed by atoms with Crippen LogP contribution in [0.25, 0.3) is 0 Å². The molecule has 2 aromatic rings. The Balaban J connectivity index is 2.11. The number of hydrogen-bond acceptors (Lipinski definition) is 6. The monoisotopic (exact) mass is 445 g/mol. The standard InChI is InChI=1S/C22H27NO5SSi/c1-26-16-12-10-15(11-13-16)21-20(28-30(3,4)5)22(25)23(14-19(24)27-2)17-8-6-7-9-18(17)29-21/h6-13,20-21H,14H2,1-5H3. The molecule has 1 aliphatic rings. The molecule has 0 aliphatic carbocycles. The van der Waals surface area contributed by atoms with Crippen LogP contribution in [0.15, 0.2) is 53.4 Å². The molecule has 0 spiro atoms. The maximum atomic E-state index is 13.7. The van der Waals surface area contributed by atoms with Crippen molar-refractivity contribution in [2.75, 3.05) is 25.7 Å². The van der Waals surface area contributed by atoms with E-state index in [-0.39, 0.29) is 17.7 Å². The normalized spacial score (nSPS) is 19.1. The van der Waals surface area contributed by atoms with E-state index in [1.165, 1.54) is 12.0 Å². The molecule has 3 rings (SSSR count). The van der Waals surface area contributed by atoms with Gasteiger partial charge < -0.3 is 13.9 Å². The van der Waals surface area contributed by atoms with Gasteiger partial charge in [0.25, 0.3) is 5.91 Å². The maximum absolute atomic E-state index is 13.7. The Morgan fingerprint density at radius 3 is 2.33 bits per heavy atom. The van der Waals surface area contributed by atoms with Gasteiger partial charge in [-0.3, -0.25) is 14.5 Å². The van der Waals surface area contributed by atoms with Crippen molar-refractivity contribution in [1.82, 2.24) is 0 Å². The molecule has 1 amide bonds. The molecule has 6 nitrogen and oxygen atoms in total. The van der Waals surface area contributed by atoms with E-state index in [1.807, 2.05) is 48.5 Å². The number of fused-ring (bicyclic) bond motifs is 1. The highest BCUT2D eigenvalue weighted by molar-refractivity contribution is 7.99. The van der Waals surface area contributed by atoms with Crippen molar-refractivity contribution in [1.29, 1.82) is 0 Å². The molecule has 8 heteroatoms. The Morgan fingerprint density at radius 1 is 1.07 bits per heavy atom. The number of esters is 1. The molecular weight excluding hydrogens is 418 g/mol. The molecule has 0 radical (unpaired) electrons. The number of benzene rings is 2. The van der Waals surface area contributed by atoms with Gasteiger partial charge in [0.15, 0.2) is 8.32 Å². The first-order chi connectivity index (χ1) is 14.2. The van der Waals surface area contributed by atoms with Crippen molar-refractivity contribution in [2.24, 2.45) is 0 Å². The summed E-state index contributed by atoms with van der Waals surface area (Å²) in [6, 6.07) is 15.3. The molecule has 2 unspecified atom stereocenters. The summed E-state index contributed by atoms with van der Waals surface area (Å²) in [7, 11) is 0.859. The maximum Gasteiger partial charge on any atom is 0.325 e. The van der Waals surface area contributed by atoms with Gasteiger partial charge in [0.1, 0.15) is 18.4 Å². The highest BCUT2D eigenvalue weighted by Gasteiger charge is 2.42. The minimum absolute atomic E-state index is 0.159. The topological polar surface area (TPSA) is 65.1 Å². The fraction of sp³-hybridized carbons (Fsp3) is 0.364. The van der Waals surface area contributed by atoms with Crippen LogP contribution in [0.3, 0.4) is 0 Å². The zero-order chi connectivity index (χ0) is 21.9. The Kier molecular flexibility index (Phi) is 6.90. The van der Waals surface area contributed by atoms with E-state index >= 15 is 0 Å². The molecule has 0 bridgehead atoms. The van der Waals surface area contributed by atoms with Crippen LogP contribution in [0.4, 0.5) is 5.69 Å². The fourth-order valence-corrected chi connectivity index (χ4v) is 5.68. The minimum atomic E-state index is -2.08. The van der Waals surface area contributed by atoms with Gasteiger partial charge in [0, 0.05) is 4.90 Å². The Bertz CT molecular complexity index is 912. The quantitative estimate of drug-likeness (QED) is 0.489. The second-order valence-electron chi connectivity index (χ2n) is 7.93. The predicted molar refractivity (Wildman–Crippen MR) is 121 cm³/mol. The number of ether oxygens (including phenoxy) is 2. The van der Waals surface area contributed by atoms with E-state index in [1.54, 1.807) is 18.9 Å². The summed E-state index contributed by atoms with van der Waals surface area (Å²) in [5.41, 5.74) is 1.66. The third-order valence-corrected chi connectivity index (χ3v) is 6.97. The molecule has 0 N–H and O–H groups in total. The number of rotatable bonds is 6. The van der Waals surface area contributed by atoms with Gasteiger partial charge in [-0.2, -0.15) is 0 Å². The number of carbonyl (C=O) groups excluding carboxylic acids is 2. The lowest BCUT2D eigenvalue weighted by Gasteiger charge is -2.32. The fourth-order valence-electron chi connectivity index (χ4n) is 3.27. The van der Waals surface area contributed by atoms with Crippen LogP contribution in [0.2, 0.25) is 19.6 Å². The van der Waals surface area contributed by atoms with Gasteiger partial charge in [0.2, 0.25) is 0 Å². The predicted octanol–water partition coefficient (Wildman–Crippen LogP) is 4.27. The number of thioether (sulfide) groups is 1. The number of methoxy groups -OCH3 is 2. The molecule has 2 atom stereocenters. The van der Waals surface area contributed by atoms with Crippen molar-refractivity contribution in [2.45, 2.75) is 35.9 Å². The Labute approximate surface area is 182 Å². The summed E-state index contributed by atoms with van der Waals surface area (Å²) in [5, 5.41) is -0.265. The van der Waals surface area contributed by atoms with Crippen LogP contribution in [-0.2, 0) is 18.8 Å². The van der Waals surface area contributed by atoms with Crippen LogP contribution < -0.4 is 9.64 Å². The van der Waals surface area contributed by atoms with Crippen LogP contribution in [0.5, 0.6) is 5.75 Å². The van der Waals surface area contributed by atoms with Crippen LogP contribution in [0.1, 0.15) is 10.8 Å². The van der Waals surface area contributed by atoms with Crippen molar-refractivity contribution >= 4 is 37.6 Å². The smallest absolute Gasteiger partial charge is 0.325 e. The van der Waals surface area contributed by atoms with Crippen molar-refractivity contribution in [3.05, 3.63) is 54.1 Å². The molecule has 0 saturated carbocycles. The van der Waals surface area contributed by atoms with E-state index in [9.17, 15) is 9.59 Å². The third kappa shape index (κ3) is 5.06. The summed E-state index contributed by atoms with van der Waals surface area (Å²) in [6.45, 7) is 6.00.